The van der Waals surface area contributed by atoms with Crippen LogP contribution in [0.15, 0.2) is 56.1 Å². The van der Waals surface area contributed by atoms with Crippen molar-refractivity contribution in [3.63, 3.8) is 0 Å². The third kappa shape index (κ3) is 3.98. The number of aryl methyl sites for hydroxylation is 1. The lowest BCUT2D eigenvalue weighted by atomic mass is 9.98. The fourth-order valence-corrected chi connectivity index (χ4v) is 3.54. The van der Waals surface area contributed by atoms with Crippen LogP contribution in [0.25, 0.3) is 11.0 Å². The number of halogens is 1. The van der Waals surface area contributed by atoms with Gasteiger partial charge in [0.15, 0.2) is 5.78 Å². The molecule has 0 aliphatic carbocycles. The maximum Gasteiger partial charge on any atom is 0.340 e. The lowest BCUT2D eigenvalue weighted by Gasteiger charge is -2.21. The molecule has 0 bridgehead atoms. The zero-order valence-corrected chi connectivity index (χ0v) is 17.3. The van der Waals surface area contributed by atoms with Crippen LogP contribution in [0.2, 0.25) is 0 Å². The molecule has 0 radical (unpaired) electrons. The summed E-state index contributed by atoms with van der Waals surface area (Å²) in [6, 6.07) is 13.0. The Hall–Kier alpha value is -2.40. The molecule has 0 N–H and O–H groups in total. The van der Waals surface area contributed by atoms with Gasteiger partial charge in [-0.25, -0.2) is 4.79 Å². The molecule has 0 aliphatic rings. The van der Waals surface area contributed by atoms with Gasteiger partial charge < -0.3 is 9.32 Å². The second-order valence-electron chi connectivity index (χ2n) is 6.45. The first-order valence-electron chi connectivity index (χ1n) is 9.04. The lowest BCUT2D eigenvalue weighted by Crippen LogP contribution is -2.21. The summed E-state index contributed by atoms with van der Waals surface area (Å²) < 4.78 is 6.47. The van der Waals surface area contributed by atoms with Crippen LogP contribution < -0.4 is 10.5 Å². The second kappa shape index (κ2) is 8.09. The smallest absolute Gasteiger partial charge is 0.340 e. The van der Waals surface area contributed by atoms with Gasteiger partial charge in [0, 0.05) is 52.2 Å². The molecule has 0 saturated heterocycles. The van der Waals surface area contributed by atoms with Gasteiger partial charge in [-0.2, -0.15) is 0 Å². The van der Waals surface area contributed by atoms with E-state index in [2.05, 4.69) is 34.7 Å². The van der Waals surface area contributed by atoms with Crippen LogP contribution >= 0.6 is 15.9 Å². The van der Waals surface area contributed by atoms with Gasteiger partial charge in [-0.15, -0.1) is 0 Å². The number of carbonyl (C=O) groups is 1. The van der Waals surface area contributed by atoms with Crippen molar-refractivity contribution < 1.29 is 9.21 Å². The molecule has 0 atom stereocenters. The summed E-state index contributed by atoms with van der Waals surface area (Å²) in [6.07, 6.45) is 0.0313. The molecule has 2 aromatic carbocycles. The Morgan fingerprint density at radius 2 is 1.74 bits per heavy atom. The summed E-state index contributed by atoms with van der Waals surface area (Å²) in [5.74, 6) is -0.1000. The third-order valence-electron chi connectivity index (χ3n) is 4.90. The van der Waals surface area contributed by atoms with Crippen LogP contribution in [-0.2, 0) is 6.42 Å². The average molecular weight is 428 g/mol. The molecule has 0 aliphatic heterocycles. The molecular weight excluding hydrogens is 406 g/mol. The van der Waals surface area contributed by atoms with Crippen LogP contribution in [0.5, 0.6) is 0 Å². The van der Waals surface area contributed by atoms with E-state index in [0.29, 0.717) is 16.7 Å². The highest BCUT2D eigenvalue weighted by molar-refractivity contribution is 9.10. The average Bonchev–Trinajstić information content (AvgIpc) is 2.66. The van der Waals surface area contributed by atoms with Crippen LogP contribution in [0.4, 0.5) is 5.69 Å². The van der Waals surface area contributed by atoms with Gasteiger partial charge in [-0.1, -0.05) is 28.1 Å². The molecule has 1 aromatic heterocycles. The Bertz CT molecular complexity index is 1030. The third-order valence-corrected chi connectivity index (χ3v) is 5.43. The van der Waals surface area contributed by atoms with Crippen LogP contribution in [0, 0.1) is 6.92 Å². The molecule has 27 heavy (non-hydrogen) atoms. The number of benzene rings is 2. The molecule has 3 rings (SSSR count). The number of hydrogen-bond acceptors (Lipinski definition) is 4. The van der Waals surface area contributed by atoms with Gasteiger partial charge in [-0.3, -0.25) is 4.79 Å². The highest BCUT2D eigenvalue weighted by Gasteiger charge is 2.17. The Balaban J connectivity index is 1.99. The van der Waals surface area contributed by atoms with Crippen molar-refractivity contribution in [2.45, 2.75) is 27.2 Å². The van der Waals surface area contributed by atoms with Crippen molar-refractivity contribution in [1.29, 1.82) is 0 Å². The first kappa shape index (κ1) is 19.4. The van der Waals surface area contributed by atoms with Crippen molar-refractivity contribution in [2.24, 2.45) is 0 Å². The zero-order chi connectivity index (χ0) is 19.6. The molecule has 4 nitrogen and oxygen atoms in total. The first-order valence-corrected chi connectivity index (χ1v) is 9.84. The molecule has 0 saturated carbocycles. The van der Waals surface area contributed by atoms with E-state index >= 15 is 0 Å². The molecule has 3 aromatic rings. The number of nitrogens with zero attached hydrogens (tertiary/aromatic N) is 1. The first-order chi connectivity index (χ1) is 12.9. The SMILES string of the molecule is CCN(CC)c1ccc2c(C)c(CC(=O)c3ccc(Br)cc3)c(=O)oc2c1. The van der Waals surface area contributed by atoms with Gasteiger partial charge in [0.25, 0.3) is 0 Å². The van der Waals surface area contributed by atoms with E-state index < -0.39 is 5.63 Å². The maximum atomic E-state index is 12.6. The number of fused-ring (bicyclic) bond motifs is 1. The fraction of sp³-hybridized carbons (Fsp3) is 0.273. The molecule has 0 fully saturated rings. The van der Waals surface area contributed by atoms with Crippen molar-refractivity contribution in [2.75, 3.05) is 18.0 Å². The van der Waals surface area contributed by atoms with Gasteiger partial charge in [0.1, 0.15) is 5.58 Å². The summed E-state index contributed by atoms with van der Waals surface area (Å²) in [5, 5.41) is 0.865. The largest absolute Gasteiger partial charge is 0.422 e. The second-order valence-corrected chi connectivity index (χ2v) is 7.37. The minimum absolute atomic E-state index is 0.0313. The standard InChI is InChI=1S/C22H22BrNO3/c1-4-24(5-2)17-10-11-18-14(3)19(22(26)27-21(18)12-17)13-20(25)15-6-8-16(23)9-7-15/h6-12H,4-5,13H2,1-3H3. The van der Waals surface area contributed by atoms with Crippen molar-refractivity contribution in [1.82, 2.24) is 0 Å². The van der Waals surface area contributed by atoms with E-state index in [1.165, 1.54) is 0 Å². The molecule has 1 heterocycles. The molecule has 0 unspecified atom stereocenters. The lowest BCUT2D eigenvalue weighted by molar-refractivity contribution is 0.0991. The summed E-state index contributed by atoms with van der Waals surface area (Å²) in [5.41, 5.74) is 2.94. The van der Waals surface area contributed by atoms with E-state index in [-0.39, 0.29) is 12.2 Å². The number of rotatable bonds is 6. The number of Topliss-reactive ketones (excluding diaryl/α,β-unsaturated/α-hetero) is 1. The normalized spacial score (nSPS) is 11.0. The highest BCUT2D eigenvalue weighted by Crippen LogP contribution is 2.25. The Morgan fingerprint density at radius 3 is 2.37 bits per heavy atom. The number of carbonyl (C=O) groups excluding carboxylic acids is 1. The van der Waals surface area contributed by atoms with Crippen molar-refractivity contribution >= 4 is 38.4 Å². The van der Waals surface area contributed by atoms with Gasteiger partial charge >= 0.3 is 5.63 Å². The van der Waals surface area contributed by atoms with E-state index in [1.807, 2.05) is 37.3 Å². The summed E-state index contributed by atoms with van der Waals surface area (Å²) in [4.78, 5) is 27.3. The van der Waals surface area contributed by atoms with E-state index in [0.717, 1.165) is 34.2 Å². The fourth-order valence-electron chi connectivity index (χ4n) is 3.27. The summed E-state index contributed by atoms with van der Waals surface area (Å²) >= 11 is 3.36. The number of hydrogen-bond donors (Lipinski definition) is 0. The highest BCUT2D eigenvalue weighted by atomic mass is 79.9. The summed E-state index contributed by atoms with van der Waals surface area (Å²) in [7, 11) is 0. The van der Waals surface area contributed by atoms with E-state index in [9.17, 15) is 9.59 Å². The predicted molar refractivity (Wildman–Crippen MR) is 113 cm³/mol. The quantitative estimate of drug-likeness (QED) is 0.403. The minimum atomic E-state index is -0.442. The molecular formula is C22H22BrNO3. The molecule has 140 valence electrons. The van der Waals surface area contributed by atoms with Gasteiger partial charge in [0.05, 0.1) is 0 Å². The number of ketones is 1. The Labute approximate surface area is 166 Å². The Morgan fingerprint density at radius 1 is 1.07 bits per heavy atom. The van der Waals surface area contributed by atoms with E-state index in [4.69, 9.17) is 4.42 Å². The zero-order valence-electron chi connectivity index (χ0n) is 15.7. The number of anilines is 1. The predicted octanol–water partition coefficient (Wildman–Crippen LogP) is 5.14. The van der Waals surface area contributed by atoms with Gasteiger partial charge in [-0.05, 0) is 50.6 Å². The molecule has 0 spiro atoms. The monoisotopic (exact) mass is 427 g/mol. The molecule has 5 heteroatoms. The maximum absolute atomic E-state index is 12.6. The van der Waals surface area contributed by atoms with Crippen LogP contribution in [0.1, 0.15) is 35.3 Å². The van der Waals surface area contributed by atoms with Crippen LogP contribution in [0.3, 0.4) is 0 Å². The van der Waals surface area contributed by atoms with E-state index in [1.54, 1.807) is 12.1 Å². The van der Waals surface area contributed by atoms with Crippen molar-refractivity contribution in [3.05, 3.63) is 74.0 Å². The topological polar surface area (TPSA) is 50.5 Å². The molecule has 0 amide bonds. The van der Waals surface area contributed by atoms with Crippen molar-refractivity contribution in [3.8, 4) is 0 Å². The minimum Gasteiger partial charge on any atom is -0.422 e. The summed E-state index contributed by atoms with van der Waals surface area (Å²) in [6.45, 7) is 7.81. The Kier molecular flexibility index (Phi) is 5.80. The van der Waals surface area contributed by atoms with Crippen LogP contribution in [-0.4, -0.2) is 18.9 Å². The van der Waals surface area contributed by atoms with Gasteiger partial charge in [0.2, 0.25) is 0 Å².